The molecule has 3 heterocycles. The van der Waals surface area contributed by atoms with Crippen LogP contribution in [0.15, 0.2) is 293 Å². The number of aromatic nitrogens is 3. The first-order chi connectivity index (χ1) is 34.8. The van der Waals surface area contributed by atoms with Crippen LogP contribution in [-0.2, 0) is 0 Å². The molecule has 0 amide bonds. The van der Waals surface area contributed by atoms with E-state index in [9.17, 15) is 0 Å². The van der Waals surface area contributed by atoms with Gasteiger partial charge in [-0.25, -0.2) is 0 Å². The Morgan fingerprint density at radius 1 is 0.257 bits per heavy atom. The molecule has 0 aliphatic carbocycles. The van der Waals surface area contributed by atoms with E-state index in [2.05, 4.69) is 287 Å². The van der Waals surface area contributed by atoms with Crippen molar-refractivity contribution in [3.8, 4) is 28.2 Å². The van der Waals surface area contributed by atoms with Gasteiger partial charge in [0.15, 0.2) is 0 Å². The SMILES string of the molecule is c1ccc(-c2ccccc2-n2c3ccccc3c3cc(-n4c5ccccc5c5c(S(c6ccccc6)(c6ccccc6)c6cccc(-n7c8ccccc8c8ccccc87)c6)cccc54)ccc32)cc1. The molecule has 0 bridgehead atoms. The highest BCUT2D eigenvalue weighted by molar-refractivity contribution is 8.34. The van der Waals surface area contributed by atoms with Gasteiger partial charge >= 0.3 is 0 Å². The van der Waals surface area contributed by atoms with Crippen LogP contribution in [0, 0.1) is 0 Å². The summed E-state index contributed by atoms with van der Waals surface area (Å²) in [6.45, 7) is 0. The number of hydrogen-bond donors (Lipinski definition) is 0. The van der Waals surface area contributed by atoms with E-state index in [0.717, 1.165) is 17.1 Å². The second-order valence-corrected chi connectivity index (χ2v) is 21.1. The molecule has 0 aliphatic heterocycles. The lowest BCUT2D eigenvalue weighted by molar-refractivity contribution is 1.15. The molecule has 11 aromatic carbocycles. The van der Waals surface area contributed by atoms with Gasteiger partial charge in [-0.3, -0.25) is 0 Å². The van der Waals surface area contributed by atoms with Crippen molar-refractivity contribution in [1.82, 2.24) is 13.7 Å². The van der Waals surface area contributed by atoms with Crippen LogP contribution in [0.1, 0.15) is 0 Å². The third-order valence-electron chi connectivity index (χ3n) is 14.3. The van der Waals surface area contributed by atoms with Gasteiger partial charge in [0, 0.05) is 68.8 Å². The predicted octanol–water partition coefficient (Wildman–Crippen LogP) is 18.0. The van der Waals surface area contributed by atoms with Crippen LogP contribution in [0.25, 0.3) is 93.6 Å². The maximum Gasteiger partial charge on any atom is 0.0552 e. The monoisotopic (exact) mass is 911 g/mol. The van der Waals surface area contributed by atoms with Gasteiger partial charge in [-0.15, -0.1) is 10.0 Å². The van der Waals surface area contributed by atoms with Gasteiger partial charge in [0.05, 0.1) is 38.8 Å². The smallest absolute Gasteiger partial charge is 0.0552 e. The van der Waals surface area contributed by atoms with Crippen LogP contribution in [0.2, 0.25) is 0 Å². The molecular weight excluding hydrogens is 867 g/mol. The maximum absolute atomic E-state index is 2.51. The predicted molar refractivity (Wildman–Crippen MR) is 295 cm³/mol. The Hall–Kier alpha value is -8.83. The normalized spacial score (nSPS) is 12.2. The number of hydrogen-bond acceptors (Lipinski definition) is 0. The van der Waals surface area contributed by atoms with Crippen molar-refractivity contribution in [2.24, 2.45) is 0 Å². The molecule has 0 saturated heterocycles. The van der Waals surface area contributed by atoms with Crippen molar-refractivity contribution < 1.29 is 0 Å². The fourth-order valence-electron chi connectivity index (χ4n) is 11.5. The fourth-order valence-corrected chi connectivity index (χ4v) is 15.6. The van der Waals surface area contributed by atoms with Gasteiger partial charge in [-0.2, -0.15) is 0 Å². The lowest BCUT2D eigenvalue weighted by Gasteiger charge is -2.42. The molecule has 4 heteroatoms. The van der Waals surface area contributed by atoms with Crippen LogP contribution < -0.4 is 0 Å². The topological polar surface area (TPSA) is 14.8 Å². The summed E-state index contributed by atoms with van der Waals surface area (Å²) in [7, 11) is -2.17. The summed E-state index contributed by atoms with van der Waals surface area (Å²) in [5.41, 5.74) is 13.0. The van der Waals surface area contributed by atoms with E-state index in [1.54, 1.807) is 0 Å². The van der Waals surface area contributed by atoms with Gasteiger partial charge in [0.1, 0.15) is 0 Å². The Bertz CT molecular complexity index is 4200. The van der Waals surface area contributed by atoms with E-state index >= 15 is 0 Å². The average molecular weight is 912 g/mol. The van der Waals surface area contributed by atoms with Gasteiger partial charge < -0.3 is 13.7 Å². The lowest BCUT2D eigenvalue weighted by Crippen LogP contribution is -2.07. The third-order valence-corrected chi connectivity index (χ3v) is 18.3. The Morgan fingerprint density at radius 2 is 0.700 bits per heavy atom. The Labute approximate surface area is 407 Å². The summed E-state index contributed by atoms with van der Waals surface area (Å²) in [6.07, 6.45) is 0. The highest BCUT2D eigenvalue weighted by Gasteiger charge is 2.36. The van der Waals surface area contributed by atoms with Crippen LogP contribution >= 0.6 is 10.0 Å². The van der Waals surface area contributed by atoms with E-state index in [0.29, 0.717) is 0 Å². The van der Waals surface area contributed by atoms with E-state index in [1.807, 2.05) is 0 Å². The molecule has 330 valence electrons. The molecule has 0 radical (unpaired) electrons. The quantitative estimate of drug-likeness (QED) is 0.144. The molecule has 0 fully saturated rings. The van der Waals surface area contributed by atoms with Gasteiger partial charge in [-0.05, 0) is 109 Å². The maximum atomic E-state index is 2.51. The fraction of sp³-hybridized carbons (Fsp3) is 0. The zero-order chi connectivity index (χ0) is 46.2. The Kier molecular flexibility index (Phi) is 9.29. The van der Waals surface area contributed by atoms with Gasteiger partial charge in [-0.1, -0.05) is 170 Å². The molecule has 14 rings (SSSR count). The number of para-hydroxylation sites is 5. The average Bonchev–Trinajstić information content (AvgIpc) is 4.08. The summed E-state index contributed by atoms with van der Waals surface area (Å²) in [4.78, 5) is 5.16. The molecule has 0 atom stereocenters. The van der Waals surface area contributed by atoms with E-state index < -0.39 is 10.0 Å². The minimum absolute atomic E-state index is 1.13. The molecule has 14 aromatic rings. The molecule has 0 spiro atoms. The largest absolute Gasteiger partial charge is 0.309 e. The van der Waals surface area contributed by atoms with E-state index in [4.69, 9.17) is 0 Å². The standard InChI is InChI=1S/C66H45N3S/c1-4-22-46(23-5-1)52-30-10-15-35-58(52)69-61-38-18-13-33-55(61)57-45-48(42-43-63(57)69)68-62-39-19-14-34-56(62)66-64(68)40-21-41-65(66)70(49-25-6-2-7-26-49,50-27-8-3-9-28-50)51-29-20-24-47(44-51)67-59-36-16-11-31-53(59)54-32-12-17-37-60(54)67/h1-45H. The summed E-state index contributed by atoms with van der Waals surface area (Å²) in [5.74, 6) is 0. The van der Waals surface area contributed by atoms with E-state index in [1.165, 1.54) is 96.1 Å². The zero-order valence-corrected chi connectivity index (χ0v) is 39.0. The Morgan fingerprint density at radius 3 is 1.36 bits per heavy atom. The second kappa shape index (κ2) is 16.2. The van der Waals surface area contributed by atoms with Crippen molar-refractivity contribution in [2.75, 3.05) is 0 Å². The molecule has 3 aromatic heterocycles. The van der Waals surface area contributed by atoms with Crippen molar-refractivity contribution in [1.29, 1.82) is 0 Å². The lowest BCUT2D eigenvalue weighted by atomic mass is 10.0. The molecule has 3 nitrogen and oxygen atoms in total. The first kappa shape index (κ1) is 40.3. The van der Waals surface area contributed by atoms with Crippen molar-refractivity contribution in [3.63, 3.8) is 0 Å². The molecular formula is C66H45N3S. The van der Waals surface area contributed by atoms with Crippen molar-refractivity contribution in [3.05, 3.63) is 273 Å². The molecule has 0 aliphatic rings. The summed E-state index contributed by atoms with van der Waals surface area (Å²) >= 11 is 0. The number of nitrogens with zero attached hydrogens (tertiary/aromatic N) is 3. The zero-order valence-electron chi connectivity index (χ0n) is 38.2. The minimum Gasteiger partial charge on any atom is -0.309 e. The second-order valence-electron chi connectivity index (χ2n) is 18.0. The summed E-state index contributed by atoms with van der Waals surface area (Å²) in [5, 5.41) is 7.45. The van der Waals surface area contributed by atoms with Crippen molar-refractivity contribution >= 4 is 75.4 Å². The molecule has 70 heavy (non-hydrogen) atoms. The Balaban J connectivity index is 1.05. The first-order valence-corrected chi connectivity index (χ1v) is 25.6. The van der Waals surface area contributed by atoms with Crippen LogP contribution in [0.3, 0.4) is 0 Å². The summed E-state index contributed by atoms with van der Waals surface area (Å²) in [6, 6.07) is 101. The van der Waals surface area contributed by atoms with Crippen molar-refractivity contribution in [2.45, 2.75) is 19.6 Å². The number of rotatable bonds is 8. The van der Waals surface area contributed by atoms with Gasteiger partial charge in [0.25, 0.3) is 0 Å². The molecule has 0 unspecified atom stereocenters. The number of benzene rings is 11. The van der Waals surface area contributed by atoms with Gasteiger partial charge in [0.2, 0.25) is 0 Å². The summed E-state index contributed by atoms with van der Waals surface area (Å²) < 4.78 is 7.41. The molecule has 0 N–H and O–H groups in total. The third kappa shape index (κ3) is 5.97. The first-order valence-electron chi connectivity index (χ1n) is 24.0. The van der Waals surface area contributed by atoms with Crippen LogP contribution in [0.5, 0.6) is 0 Å². The minimum atomic E-state index is -2.17. The highest BCUT2D eigenvalue weighted by atomic mass is 32.3. The number of fused-ring (bicyclic) bond motifs is 9. The van der Waals surface area contributed by atoms with Crippen LogP contribution in [0.4, 0.5) is 0 Å². The molecule has 0 saturated carbocycles. The van der Waals surface area contributed by atoms with E-state index in [-0.39, 0.29) is 0 Å². The highest BCUT2D eigenvalue weighted by Crippen LogP contribution is 2.75. The van der Waals surface area contributed by atoms with Crippen LogP contribution in [-0.4, -0.2) is 13.7 Å².